The minimum Gasteiger partial charge on any atom is -0.277 e. The van der Waals surface area contributed by atoms with Gasteiger partial charge in [-0.1, -0.05) is 12.2 Å². The molecular weight excluding hydrogens is 130 g/mol. The molecule has 0 fully saturated rings. The van der Waals surface area contributed by atoms with Crippen molar-refractivity contribution in [2.45, 2.75) is 32.7 Å². The zero-order valence-electron chi connectivity index (χ0n) is 7.47. The summed E-state index contributed by atoms with van der Waals surface area (Å²) in [6, 6.07) is 0. The Labute approximate surface area is 62.8 Å². The van der Waals surface area contributed by atoms with E-state index in [0.29, 0.717) is 0 Å². The van der Waals surface area contributed by atoms with Gasteiger partial charge in [0, 0.05) is 0 Å². The van der Waals surface area contributed by atoms with E-state index in [1.807, 2.05) is 0 Å². The molecule has 3 nitrogen and oxygen atoms in total. The third kappa shape index (κ3) is 2.25. The van der Waals surface area contributed by atoms with Crippen molar-refractivity contribution in [3.8, 4) is 0 Å². The average Bonchev–Trinajstić information content (AvgIpc) is 1.90. The third-order valence-corrected chi connectivity index (χ3v) is 1.69. The number of hydrogen-bond donors (Lipinski definition) is 0. The van der Waals surface area contributed by atoms with Crippen LogP contribution in [0.15, 0.2) is 0 Å². The number of hydroxylamine groups is 2. The summed E-state index contributed by atoms with van der Waals surface area (Å²) in [5.74, 6) is 0. The Hall–Kier alpha value is -0.120. The molecule has 0 saturated heterocycles. The maximum absolute atomic E-state index is 4.97. The van der Waals surface area contributed by atoms with E-state index in [2.05, 4.69) is 20.8 Å². The summed E-state index contributed by atoms with van der Waals surface area (Å²) < 4.78 is 0. The number of nitrogens with zero attached hydrogens (tertiary/aromatic N) is 1. The molecule has 10 heavy (non-hydrogen) atoms. The second-order valence-corrected chi connectivity index (χ2v) is 2.79. The van der Waals surface area contributed by atoms with Crippen LogP contribution in [-0.2, 0) is 9.68 Å². The molecule has 0 aromatic carbocycles. The number of rotatable bonds is 4. The van der Waals surface area contributed by atoms with Gasteiger partial charge in [0.2, 0.25) is 0 Å². The van der Waals surface area contributed by atoms with Crippen LogP contribution in [0.1, 0.15) is 27.2 Å². The summed E-state index contributed by atoms with van der Waals surface area (Å²) in [4.78, 5) is 9.93. The predicted molar refractivity (Wildman–Crippen MR) is 40.2 cm³/mol. The third-order valence-electron chi connectivity index (χ3n) is 1.69. The molecule has 0 atom stereocenters. The molecule has 0 aliphatic rings. The number of hydrogen-bond acceptors (Lipinski definition) is 3. The lowest BCUT2D eigenvalue weighted by atomic mass is 10.0. The van der Waals surface area contributed by atoms with Crippen molar-refractivity contribution in [3.05, 3.63) is 0 Å². The Morgan fingerprint density at radius 3 is 1.70 bits per heavy atom. The monoisotopic (exact) mass is 147 g/mol. The Morgan fingerprint density at radius 2 is 1.60 bits per heavy atom. The van der Waals surface area contributed by atoms with E-state index < -0.39 is 0 Å². The van der Waals surface area contributed by atoms with Gasteiger partial charge in [-0.25, -0.2) is 0 Å². The van der Waals surface area contributed by atoms with Gasteiger partial charge >= 0.3 is 0 Å². The Kier molecular flexibility index (Phi) is 3.86. The van der Waals surface area contributed by atoms with E-state index in [0.717, 1.165) is 6.42 Å². The highest BCUT2D eigenvalue weighted by atomic mass is 16.9. The van der Waals surface area contributed by atoms with Crippen molar-refractivity contribution < 1.29 is 9.68 Å². The van der Waals surface area contributed by atoms with E-state index in [1.165, 1.54) is 5.23 Å². The standard InChI is InChI=1S/C7H17NO2/c1-6-7(2,3)8(9-4)10-5/h6H2,1-5H3. The minimum absolute atomic E-state index is 0.0521. The van der Waals surface area contributed by atoms with Gasteiger partial charge in [0.15, 0.2) is 0 Å². The van der Waals surface area contributed by atoms with Gasteiger partial charge in [-0.05, 0) is 20.3 Å². The quantitative estimate of drug-likeness (QED) is 0.564. The summed E-state index contributed by atoms with van der Waals surface area (Å²) >= 11 is 0. The maximum atomic E-state index is 4.97. The normalized spacial score (nSPS) is 12.6. The van der Waals surface area contributed by atoms with Gasteiger partial charge in [-0.15, -0.1) is 0 Å². The van der Waals surface area contributed by atoms with Gasteiger partial charge in [0.25, 0.3) is 0 Å². The molecule has 0 spiro atoms. The summed E-state index contributed by atoms with van der Waals surface area (Å²) in [5.41, 5.74) is -0.0521. The second kappa shape index (κ2) is 3.91. The van der Waals surface area contributed by atoms with Crippen molar-refractivity contribution in [2.75, 3.05) is 14.2 Å². The first-order valence-corrected chi connectivity index (χ1v) is 3.47. The lowest BCUT2D eigenvalue weighted by Gasteiger charge is -2.32. The van der Waals surface area contributed by atoms with Crippen LogP contribution in [0, 0.1) is 0 Å². The average molecular weight is 147 g/mol. The Bertz CT molecular complexity index is 89.6. The van der Waals surface area contributed by atoms with Crippen LogP contribution in [0.4, 0.5) is 0 Å². The largest absolute Gasteiger partial charge is 0.277 e. The zero-order chi connectivity index (χ0) is 8.20. The van der Waals surface area contributed by atoms with Gasteiger partial charge < -0.3 is 0 Å². The van der Waals surface area contributed by atoms with Crippen molar-refractivity contribution >= 4 is 0 Å². The van der Waals surface area contributed by atoms with Gasteiger partial charge in [0.1, 0.15) is 0 Å². The van der Waals surface area contributed by atoms with Crippen LogP contribution < -0.4 is 0 Å². The molecule has 0 aromatic rings. The lowest BCUT2D eigenvalue weighted by molar-refractivity contribution is -0.386. The van der Waals surface area contributed by atoms with E-state index in [4.69, 9.17) is 9.68 Å². The van der Waals surface area contributed by atoms with E-state index in [1.54, 1.807) is 14.2 Å². The first-order chi connectivity index (χ1) is 4.58. The summed E-state index contributed by atoms with van der Waals surface area (Å²) in [7, 11) is 3.20. The molecule has 0 rings (SSSR count). The molecule has 62 valence electrons. The molecular formula is C7H17NO2. The second-order valence-electron chi connectivity index (χ2n) is 2.79. The van der Waals surface area contributed by atoms with Crippen LogP contribution in [0.5, 0.6) is 0 Å². The van der Waals surface area contributed by atoms with Crippen molar-refractivity contribution in [3.63, 3.8) is 0 Å². The van der Waals surface area contributed by atoms with Crippen LogP contribution in [0.25, 0.3) is 0 Å². The fourth-order valence-corrected chi connectivity index (χ4v) is 0.698. The van der Waals surface area contributed by atoms with Crippen molar-refractivity contribution in [2.24, 2.45) is 0 Å². The van der Waals surface area contributed by atoms with E-state index in [-0.39, 0.29) is 5.54 Å². The molecule has 0 unspecified atom stereocenters. The summed E-state index contributed by atoms with van der Waals surface area (Å²) in [6.45, 7) is 6.20. The SMILES string of the molecule is CCC(C)(C)N(OC)OC. The fraction of sp³-hybridized carbons (Fsp3) is 1.00. The fourth-order valence-electron chi connectivity index (χ4n) is 0.698. The smallest absolute Gasteiger partial charge is 0.0678 e. The van der Waals surface area contributed by atoms with Crippen LogP contribution in [-0.4, -0.2) is 25.0 Å². The molecule has 0 N–H and O–H groups in total. The van der Waals surface area contributed by atoms with Crippen LogP contribution >= 0.6 is 0 Å². The molecule has 0 aliphatic carbocycles. The maximum Gasteiger partial charge on any atom is 0.0678 e. The molecule has 0 bridgehead atoms. The van der Waals surface area contributed by atoms with Crippen LogP contribution in [0.3, 0.4) is 0 Å². The van der Waals surface area contributed by atoms with Gasteiger partial charge in [0.05, 0.1) is 19.8 Å². The highest BCUT2D eigenvalue weighted by Gasteiger charge is 2.24. The predicted octanol–water partition coefficient (Wildman–Crippen LogP) is 1.60. The summed E-state index contributed by atoms with van der Waals surface area (Å²) in [6.07, 6.45) is 0.981. The zero-order valence-corrected chi connectivity index (χ0v) is 7.47. The molecule has 0 saturated carbocycles. The topological polar surface area (TPSA) is 21.7 Å². The van der Waals surface area contributed by atoms with E-state index >= 15 is 0 Å². The first-order valence-electron chi connectivity index (χ1n) is 3.47. The molecule has 0 radical (unpaired) electrons. The van der Waals surface area contributed by atoms with Gasteiger partial charge in [-0.3, -0.25) is 9.68 Å². The van der Waals surface area contributed by atoms with E-state index in [9.17, 15) is 0 Å². The molecule has 0 amide bonds. The van der Waals surface area contributed by atoms with Crippen LogP contribution in [0.2, 0.25) is 0 Å². The minimum atomic E-state index is -0.0521. The molecule has 0 aliphatic heterocycles. The summed E-state index contributed by atoms with van der Waals surface area (Å²) in [5, 5.41) is 1.49. The van der Waals surface area contributed by atoms with Gasteiger partial charge in [-0.2, -0.15) is 0 Å². The highest BCUT2D eigenvalue weighted by Crippen LogP contribution is 2.17. The van der Waals surface area contributed by atoms with Crippen molar-refractivity contribution in [1.29, 1.82) is 0 Å². The molecule has 3 heteroatoms. The highest BCUT2D eigenvalue weighted by molar-refractivity contribution is 4.69. The molecule has 0 heterocycles. The molecule has 0 aromatic heterocycles. The Morgan fingerprint density at radius 1 is 1.20 bits per heavy atom. The first kappa shape index (κ1) is 9.88. The lowest BCUT2D eigenvalue weighted by Crippen LogP contribution is -2.41. The van der Waals surface area contributed by atoms with Crippen molar-refractivity contribution in [1.82, 2.24) is 5.23 Å². The Balaban J connectivity index is 3.97.